The maximum absolute atomic E-state index is 6.39. The summed E-state index contributed by atoms with van der Waals surface area (Å²) in [6, 6.07) is 16.2. The average Bonchev–Trinajstić information content (AvgIpc) is 2.47. The first-order valence-corrected chi connectivity index (χ1v) is 6.89. The van der Waals surface area contributed by atoms with Crippen LogP contribution in [0, 0.1) is 0 Å². The van der Waals surface area contributed by atoms with E-state index in [9.17, 15) is 0 Å². The Morgan fingerprint density at radius 3 is 2.58 bits per heavy atom. The molecule has 0 bridgehead atoms. The molecule has 1 unspecified atom stereocenters. The molecule has 0 saturated heterocycles. The molecule has 2 N–H and O–H groups in total. The van der Waals surface area contributed by atoms with Crippen molar-refractivity contribution in [2.75, 3.05) is 0 Å². The van der Waals surface area contributed by atoms with Crippen molar-refractivity contribution in [3.8, 4) is 0 Å². The molecule has 0 amide bonds. The lowest BCUT2D eigenvalue weighted by molar-refractivity contribution is 0.880. The summed E-state index contributed by atoms with van der Waals surface area (Å²) in [5.41, 5.74) is 8.59. The molecular formula is C16H13BrN2. The molecule has 0 aliphatic rings. The number of aromatic nitrogens is 1. The Labute approximate surface area is 120 Å². The smallest absolute Gasteiger partial charge is 0.0558 e. The largest absolute Gasteiger partial charge is 0.320 e. The minimum absolute atomic E-state index is 0.138. The number of pyridine rings is 1. The predicted molar refractivity (Wildman–Crippen MR) is 81.9 cm³/mol. The highest BCUT2D eigenvalue weighted by Crippen LogP contribution is 2.27. The molecule has 1 heterocycles. The summed E-state index contributed by atoms with van der Waals surface area (Å²) >= 11 is 3.44. The van der Waals surface area contributed by atoms with Crippen LogP contribution in [0.4, 0.5) is 0 Å². The third-order valence-corrected chi connectivity index (χ3v) is 3.81. The highest BCUT2D eigenvalue weighted by molar-refractivity contribution is 9.10. The molecule has 1 atom stereocenters. The first kappa shape index (κ1) is 12.3. The van der Waals surface area contributed by atoms with Crippen molar-refractivity contribution in [1.82, 2.24) is 4.98 Å². The number of nitrogens with two attached hydrogens (primary N) is 1. The summed E-state index contributed by atoms with van der Waals surface area (Å²) in [6.07, 6.45) is 3.68. The van der Waals surface area contributed by atoms with Crippen LogP contribution in [-0.4, -0.2) is 4.98 Å². The van der Waals surface area contributed by atoms with Crippen molar-refractivity contribution in [2.45, 2.75) is 6.04 Å². The molecule has 2 nitrogen and oxygen atoms in total. The molecule has 3 aromatic rings. The summed E-state index contributed by atoms with van der Waals surface area (Å²) < 4.78 is 1.06. The Balaban J connectivity index is 2.11. The second-order valence-corrected chi connectivity index (χ2v) is 5.39. The van der Waals surface area contributed by atoms with Gasteiger partial charge in [0.05, 0.1) is 6.04 Å². The summed E-state index contributed by atoms with van der Waals surface area (Å²) in [5.74, 6) is 0. The van der Waals surface area contributed by atoms with E-state index in [-0.39, 0.29) is 6.04 Å². The van der Waals surface area contributed by atoms with Gasteiger partial charge in [-0.25, -0.2) is 0 Å². The van der Waals surface area contributed by atoms with Crippen molar-refractivity contribution in [3.63, 3.8) is 0 Å². The van der Waals surface area contributed by atoms with E-state index in [0.29, 0.717) is 0 Å². The highest BCUT2D eigenvalue weighted by Gasteiger charge is 2.11. The van der Waals surface area contributed by atoms with Crippen LogP contribution in [0.15, 0.2) is 65.4 Å². The normalized spacial score (nSPS) is 12.5. The van der Waals surface area contributed by atoms with E-state index in [1.54, 1.807) is 6.20 Å². The fraction of sp³-hybridized carbons (Fsp3) is 0.0625. The van der Waals surface area contributed by atoms with E-state index in [0.717, 1.165) is 21.0 Å². The summed E-state index contributed by atoms with van der Waals surface area (Å²) in [6.45, 7) is 0. The molecule has 1 aromatic heterocycles. The maximum Gasteiger partial charge on any atom is 0.0558 e. The monoisotopic (exact) mass is 312 g/mol. The molecule has 19 heavy (non-hydrogen) atoms. The average molecular weight is 313 g/mol. The fourth-order valence-corrected chi connectivity index (χ4v) is 2.52. The van der Waals surface area contributed by atoms with E-state index in [4.69, 9.17) is 5.73 Å². The molecule has 0 saturated carbocycles. The number of nitrogens with zero attached hydrogens (tertiary/aromatic N) is 1. The number of hydrogen-bond donors (Lipinski definition) is 1. The van der Waals surface area contributed by atoms with Crippen molar-refractivity contribution < 1.29 is 0 Å². The van der Waals surface area contributed by atoms with Gasteiger partial charge in [0.2, 0.25) is 0 Å². The second-order valence-electron chi connectivity index (χ2n) is 4.47. The molecule has 0 aliphatic carbocycles. The lowest BCUT2D eigenvalue weighted by Crippen LogP contribution is -2.12. The Morgan fingerprint density at radius 1 is 1.00 bits per heavy atom. The Kier molecular flexibility index (Phi) is 3.32. The van der Waals surface area contributed by atoms with Gasteiger partial charge in [-0.3, -0.25) is 4.98 Å². The molecular weight excluding hydrogens is 300 g/mol. The van der Waals surface area contributed by atoms with E-state index in [1.807, 2.05) is 42.6 Å². The van der Waals surface area contributed by atoms with E-state index >= 15 is 0 Å². The Hall–Kier alpha value is -1.71. The molecule has 3 rings (SSSR count). The SMILES string of the molecule is NC(c1ccc(Br)cc1)c1cccc2ccncc12. The van der Waals surface area contributed by atoms with Crippen LogP contribution in [0.3, 0.4) is 0 Å². The molecule has 94 valence electrons. The van der Waals surface area contributed by atoms with Gasteiger partial charge in [0.1, 0.15) is 0 Å². The van der Waals surface area contributed by atoms with E-state index in [2.05, 4.69) is 33.0 Å². The van der Waals surface area contributed by atoms with Crippen molar-refractivity contribution >= 4 is 26.7 Å². The number of halogens is 1. The van der Waals surface area contributed by atoms with Gasteiger partial charge in [0, 0.05) is 22.3 Å². The third kappa shape index (κ3) is 2.39. The summed E-state index contributed by atoms with van der Waals surface area (Å²) in [5, 5.41) is 2.28. The minimum Gasteiger partial charge on any atom is -0.320 e. The summed E-state index contributed by atoms with van der Waals surface area (Å²) in [7, 11) is 0. The zero-order chi connectivity index (χ0) is 13.2. The zero-order valence-electron chi connectivity index (χ0n) is 10.3. The Morgan fingerprint density at radius 2 is 1.79 bits per heavy atom. The van der Waals surface area contributed by atoms with Gasteiger partial charge in [-0.1, -0.05) is 46.3 Å². The van der Waals surface area contributed by atoms with E-state index < -0.39 is 0 Å². The topological polar surface area (TPSA) is 38.9 Å². The second kappa shape index (κ2) is 5.11. The van der Waals surface area contributed by atoms with E-state index in [1.165, 1.54) is 5.39 Å². The molecule has 3 heteroatoms. The van der Waals surface area contributed by atoms with Crippen LogP contribution in [0.5, 0.6) is 0 Å². The predicted octanol–water partition coefficient (Wildman–Crippen LogP) is 4.05. The lowest BCUT2D eigenvalue weighted by atomic mass is 9.95. The molecule has 0 aliphatic heterocycles. The van der Waals surface area contributed by atoms with Crippen LogP contribution in [0.2, 0.25) is 0 Å². The van der Waals surface area contributed by atoms with Crippen molar-refractivity contribution in [2.24, 2.45) is 5.73 Å². The van der Waals surface area contributed by atoms with Gasteiger partial charge in [0.15, 0.2) is 0 Å². The number of fused-ring (bicyclic) bond motifs is 1. The van der Waals surface area contributed by atoms with Gasteiger partial charge < -0.3 is 5.73 Å². The fourth-order valence-electron chi connectivity index (χ4n) is 2.26. The molecule has 0 spiro atoms. The zero-order valence-corrected chi connectivity index (χ0v) is 11.8. The van der Waals surface area contributed by atoms with Crippen molar-refractivity contribution in [3.05, 3.63) is 76.5 Å². The Bertz CT molecular complexity index is 702. The highest BCUT2D eigenvalue weighted by atomic mass is 79.9. The van der Waals surface area contributed by atoms with Gasteiger partial charge >= 0.3 is 0 Å². The third-order valence-electron chi connectivity index (χ3n) is 3.28. The lowest BCUT2D eigenvalue weighted by Gasteiger charge is -2.15. The van der Waals surface area contributed by atoms with Gasteiger partial charge in [-0.2, -0.15) is 0 Å². The number of benzene rings is 2. The van der Waals surface area contributed by atoms with Crippen LogP contribution in [-0.2, 0) is 0 Å². The van der Waals surface area contributed by atoms with Crippen LogP contribution >= 0.6 is 15.9 Å². The van der Waals surface area contributed by atoms with Crippen LogP contribution < -0.4 is 5.73 Å². The van der Waals surface area contributed by atoms with Crippen LogP contribution in [0.25, 0.3) is 10.8 Å². The molecule has 0 fully saturated rings. The van der Waals surface area contributed by atoms with Gasteiger partial charge in [-0.15, -0.1) is 0 Å². The van der Waals surface area contributed by atoms with Crippen LogP contribution in [0.1, 0.15) is 17.2 Å². The standard InChI is InChI=1S/C16H13BrN2/c17-13-6-4-12(5-7-13)16(18)14-3-1-2-11-8-9-19-10-15(11)14/h1-10,16H,18H2. The minimum atomic E-state index is -0.138. The van der Waals surface area contributed by atoms with Gasteiger partial charge in [-0.05, 0) is 34.7 Å². The molecule has 0 radical (unpaired) electrons. The number of rotatable bonds is 2. The molecule has 2 aromatic carbocycles. The maximum atomic E-state index is 6.39. The first-order chi connectivity index (χ1) is 9.25. The van der Waals surface area contributed by atoms with Crippen molar-refractivity contribution in [1.29, 1.82) is 0 Å². The summed E-state index contributed by atoms with van der Waals surface area (Å²) in [4.78, 5) is 4.20. The van der Waals surface area contributed by atoms with Gasteiger partial charge in [0.25, 0.3) is 0 Å². The quantitative estimate of drug-likeness (QED) is 0.775. The first-order valence-electron chi connectivity index (χ1n) is 6.09. The number of hydrogen-bond acceptors (Lipinski definition) is 2.